The van der Waals surface area contributed by atoms with Gasteiger partial charge in [0, 0.05) is 53.3 Å². The number of carbonyl (C=O) groups is 1. The number of nitrogens with zero attached hydrogens (tertiary/aromatic N) is 2. The second-order valence-electron chi connectivity index (χ2n) is 13.8. The quantitative estimate of drug-likeness (QED) is 0.0962. The van der Waals surface area contributed by atoms with E-state index in [0.717, 1.165) is 48.0 Å². The monoisotopic (exact) mass is 824 g/mol. The smallest absolute Gasteiger partial charge is 0.164 e. The summed E-state index contributed by atoms with van der Waals surface area (Å²) in [5.41, 5.74) is 6.55. The van der Waals surface area contributed by atoms with Crippen LogP contribution in [0.25, 0.3) is 42.8 Å². The Morgan fingerprint density at radius 1 is 0.979 bits per heavy atom. The van der Waals surface area contributed by atoms with Crippen molar-refractivity contribution in [2.45, 2.75) is 93.4 Å². The number of aryl methyl sites for hydroxylation is 1. The van der Waals surface area contributed by atoms with E-state index in [1.807, 2.05) is 65.1 Å². The van der Waals surface area contributed by atoms with Crippen LogP contribution in [0.5, 0.6) is 0 Å². The molecule has 249 valence electrons. The number of allylic oxidation sites excluding steroid dienone is 2. The number of aliphatic hydroxyl groups excluding tert-OH is 1. The molecule has 1 N–H and O–H groups in total. The van der Waals surface area contributed by atoms with E-state index in [9.17, 15) is 9.90 Å². The molecule has 0 saturated carbocycles. The third-order valence-corrected chi connectivity index (χ3v) is 11.9. The van der Waals surface area contributed by atoms with Crippen molar-refractivity contribution in [1.82, 2.24) is 9.97 Å². The summed E-state index contributed by atoms with van der Waals surface area (Å²) in [6, 6.07) is 22.7. The number of rotatable bonds is 8. The summed E-state index contributed by atoms with van der Waals surface area (Å²) in [4.78, 5) is 23.2. The summed E-state index contributed by atoms with van der Waals surface area (Å²) in [6.07, 6.45) is 6.69. The van der Waals surface area contributed by atoms with Crippen molar-refractivity contribution in [3.63, 3.8) is 0 Å². The van der Waals surface area contributed by atoms with E-state index in [0.29, 0.717) is 0 Å². The molecular weight excluding hydrogens is 777 g/mol. The Hall–Kier alpha value is -3.18. The fraction of sp³-hybridized carbons (Fsp3) is 0.390. The molecule has 0 spiro atoms. The second kappa shape index (κ2) is 14.1. The minimum atomic E-state index is -0.337. The normalized spacial score (nSPS) is 13.9. The number of aromatic nitrogens is 2. The second-order valence-corrected chi connectivity index (χ2v) is 14.8. The number of fused-ring (bicyclic) bond motifs is 6. The number of hydrogen-bond acceptors (Lipinski definition) is 5. The molecule has 0 aliphatic heterocycles. The maximum Gasteiger partial charge on any atom is 0.164 e. The van der Waals surface area contributed by atoms with E-state index in [1.165, 1.54) is 43.3 Å². The van der Waals surface area contributed by atoms with Gasteiger partial charge in [0.15, 0.2) is 5.78 Å². The predicted molar refractivity (Wildman–Crippen MR) is 195 cm³/mol. The van der Waals surface area contributed by atoms with Gasteiger partial charge in [-0.3, -0.25) is 14.8 Å². The number of hydrogen-bond donors (Lipinski definition) is 1. The molecule has 4 nitrogen and oxygen atoms in total. The fourth-order valence-electron chi connectivity index (χ4n) is 6.36. The number of benzene rings is 3. The van der Waals surface area contributed by atoms with E-state index in [-0.39, 0.29) is 47.9 Å². The van der Waals surface area contributed by atoms with Crippen molar-refractivity contribution in [3.8, 4) is 21.8 Å². The molecule has 0 atom stereocenters. The molecule has 1 aliphatic rings. The van der Waals surface area contributed by atoms with Crippen molar-refractivity contribution in [1.29, 1.82) is 0 Å². The van der Waals surface area contributed by atoms with Crippen LogP contribution in [-0.4, -0.2) is 20.9 Å². The minimum absolute atomic E-state index is 0. The van der Waals surface area contributed by atoms with Gasteiger partial charge in [0.1, 0.15) is 5.76 Å². The van der Waals surface area contributed by atoms with Crippen LogP contribution in [0, 0.1) is 23.8 Å². The first-order valence-corrected chi connectivity index (χ1v) is 17.4. The molecule has 3 aromatic carbocycles. The summed E-state index contributed by atoms with van der Waals surface area (Å²) in [6.45, 7) is 18.8. The predicted octanol–water partition coefficient (Wildman–Crippen LogP) is 11.6. The first kappa shape index (κ1) is 36.7. The summed E-state index contributed by atoms with van der Waals surface area (Å²) in [5, 5.41) is 12.6. The SMILES string of the molecule is CCC(C)(CC)C(=O)/C=C(\O)C(C)(CC)CC.Cc1ccc2nc(-c3[c-]ccc4c3-c3sc5ccccc5c3C4(C)C)ncc2c1.[Ir]. The molecule has 1 radical (unpaired) electrons. The maximum absolute atomic E-state index is 12.2. The van der Waals surface area contributed by atoms with Gasteiger partial charge in [0.25, 0.3) is 0 Å². The van der Waals surface area contributed by atoms with Crippen LogP contribution in [0.1, 0.15) is 97.8 Å². The zero-order valence-electron chi connectivity index (χ0n) is 29.2. The van der Waals surface area contributed by atoms with E-state index in [2.05, 4.69) is 75.4 Å². The van der Waals surface area contributed by atoms with Crippen molar-refractivity contribution < 1.29 is 30.0 Å². The Balaban J connectivity index is 0.000000242. The van der Waals surface area contributed by atoms with Crippen LogP contribution in [0.15, 0.2) is 72.6 Å². The van der Waals surface area contributed by atoms with Crippen LogP contribution >= 0.6 is 11.3 Å². The molecular formula is C41H47IrN2O2S-. The van der Waals surface area contributed by atoms with Gasteiger partial charge < -0.3 is 5.11 Å². The van der Waals surface area contributed by atoms with Gasteiger partial charge in [-0.2, -0.15) is 0 Å². The van der Waals surface area contributed by atoms with Gasteiger partial charge >= 0.3 is 0 Å². The average Bonchev–Trinajstić information content (AvgIpc) is 3.57. The van der Waals surface area contributed by atoms with Crippen LogP contribution < -0.4 is 0 Å². The van der Waals surface area contributed by atoms with E-state index < -0.39 is 0 Å². The van der Waals surface area contributed by atoms with Crippen molar-refractivity contribution >= 4 is 38.1 Å². The van der Waals surface area contributed by atoms with Crippen LogP contribution in [0.3, 0.4) is 0 Å². The summed E-state index contributed by atoms with van der Waals surface area (Å²) >= 11 is 1.87. The number of aliphatic hydroxyl groups is 1. The molecule has 0 bridgehead atoms. The van der Waals surface area contributed by atoms with Crippen molar-refractivity contribution in [2.24, 2.45) is 10.8 Å². The van der Waals surface area contributed by atoms with Gasteiger partial charge in [0.05, 0.1) is 11.3 Å². The molecule has 5 aromatic rings. The Morgan fingerprint density at radius 3 is 2.30 bits per heavy atom. The molecule has 0 fully saturated rings. The van der Waals surface area contributed by atoms with Crippen molar-refractivity contribution in [3.05, 3.63) is 95.4 Å². The van der Waals surface area contributed by atoms with Gasteiger partial charge in [-0.1, -0.05) is 96.3 Å². The summed E-state index contributed by atoms with van der Waals surface area (Å²) < 4.78 is 1.33. The van der Waals surface area contributed by atoms with E-state index in [1.54, 1.807) is 0 Å². The standard InChI is InChI=1S/C26H19N2S.C15H28O2.Ir/c1-15-11-12-20-16(13-15)14-27-25(28-20)18-8-6-9-19-22(18)24-23(26(19,2)3)17-7-4-5-10-21(17)29-24;1-7-14(5,8-2)12(16)11-13(17)15(6,9-3)10-4;/h4-7,9-14H,1-3H3;11,16H,7-10H2,1-6H3;/q-1;;/b;12-11-;. The first-order chi connectivity index (χ1) is 21.8. The molecule has 2 heterocycles. The number of ketones is 1. The first-order valence-electron chi connectivity index (χ1n) is 16.6. The van der Waals surface area contributed by atoms with Gasteiger partial charge in [-0.25, -0.2) is 0 Å². The molecule has 0 unspecified atom stereocenters. The molecule has 47 heavy (non-hydrogen) atoms. The minimum Gasteiger partial charge on any atom is -0.512 e. The maximum atomic E-state index is 12.2. The zero-order valence-corrected chi connectivity index (χ0v) is 32.4. The van der Waals surface area contributed by atoms with Crippen LogP contribution in [0.2, 0.25) is 0 Å². The van der Waals surface area contributed by atoms with Crippen LogP contribution in [-0.2, 0) is 30.3 Å². The zero-order chi connectivity index (χ0) is 33.4. The Bertz CT molecular complexity index is 1950. The fourth-order valence-corrected chi connectivity index (χ4v) is 7.79. The van der Waals surface area contributed by atoms with Crippen LogP contribution in [0.4, 0.5) is 0 Å². The van der Waals surface area contributed by atoms with E-state index >= 15 is 0 Å². The number of carbonyl (C=O) groups excluding carboxylic acids is 1. The average molecular weight is 824 g/mol. The summed E-state index contributed by atoms with van der Waals surface area (Å²) in [7, 11) is 0. The third kappa shape index (κ3) is 6.62. The topological polar surface area (TPSA) is 63.1 Å². The Morgan fingerprint density at radius 2 is 1.64 bits per heavy atom. The molecule has 6 heteroatoms. The molecule has 1 aliphatic carbocycles. The van der Waals surface area contributed by atoms with Gasteiger partial charge in [0.2, 0.25) is 0 Å². The third-order valence-electron chi connectivity index (χ3n) is 10.7. The van der Waals surface area contributed by atoms with Gasteiger partial charge in [-0.15, -0.1) is 35.1 Å². The molecule has 0 amide bonds. The largest absolute Gasteiger partial charge is 0.512 e. The molecule has 2 aromatic heterocycles. The van der Waals surface area contributed by atoms with Crippen molar-refractivity contribution in [2.75, 3.05) is 0 Å². The summed E-state index contributed by atoms with van der Waals surface area (Å²) in [5.74, 6) is 1.04. The Labute approximate surface area is 298 Å². The Kier molecular flexibility index (Phi) is 11.0. The molecule has 6 rings (SSSR count). The van der Waals surface area contributed by atoms with Gasteiger partial charge in [-0.05, 0) is 72.0 Å². The molecule has 0 saturated heterocycles. The van der Waals surface area contributed by atoms with E-state index in [4.69, 9.17) is 9.97 Å². The number of thiophene rings is 1.